The molecule has 0 amide bonds. The normalized spacial score (nSPS) is 14.9. The van der Waals surface area contributed by atoms with Crippen LogP contribution < -0.4 is 5.32 Å². The molecule has 0 unspecified atom stereocenters. The number of anilines is 1. The average Bonchev–Trinajstić information content (AvgIpc) is 2.85. The Morgan fingerprint density at radius 3 is 3.29 bits per heavy atom. The number of hydrogen-bond donors (Lipinski definition) is 1. The monoisotopic (exact) mass is 190 g/mol. The van der Waals surface area contributed by atoms with E-state index in [2.05, 4.69) is 15.5 Å². The van der Waals surface area contributed by atoms with Crippen molar-refractivity contribution in [1.29, 1.82) is 0 Å². The predicted octanol–water partition coefficient (Wildman–Crippen LogP) is 1.35. The first-order chi connectivity index (χ1) is 6.95. The maximum atomic E-state index is 5.29. The zero-order valence-electron chi connectivity index (χ0n) is 7.60. The summed E-state index contributed by atoms with van der Waals surface area (Å²) in [5.41, 5.74) is 0. The molecule has 0 aliphatic carbocycles. The topological polar surface area (TPSA) is 55.9 Å². The molecule has 0 spiro atoms. The molecule has 0 bridgehead atoms. The van der Waals surface area contributed by atoms with E-state index in [0.29, 0.717) is 0 Å². The summed E-state index contributed by atoms with van der Waals surface area (Å²) in [5.74, 6) is 2.41. The molecule has 1 N–H and O–H groups in total. The minimum Gasteiger partial charge on any atom is -0.461 e. The van der Waals surface area contributed by atoms with Crippen molar-refractivity contribution in [3.63, 3.8) is 0 Å². The van der Waals surface area contributed by atoms with Crippen molar-refractivity contribution in [1.82, 2.24) is 14.8 Å². The lowest BCUT2D eigenvalue weighted by atomic mass is 10.3. The average molecular weight is 190 g/mol. The third-order valence-corrected chi connectivity index (χ3v) is 2.33. The minimum atomic E-state index is 0.771. The summed E-state index contributed by atoms with van der Waals surface area (Å²) in [7, 11) is 0. The second-order valence-corrected chi connectivity index (χ2v) is 3.26. The van der Waals surface area contributed by atoms with Crippen LogP contribution in [0.3, 0.4) is 0 Å². The molecule has 72 valence electrons. The molecule has 3 rings (SSSR count). The molecule has 14 heavy (non-hydrogen) atoms. The van der Waals surface area contributed by atoms with Crippen molar-refractivity contribution < 1.29 is 4.42 Å². The van der Waals surface area contributed by atoms with E-state index in [4.69, 9.17) is 4.42 Å². The molecule has 5 heteroatoms. The van der Waals surface area contributed by atoms with Crippen LogP contribution in [0.15, 0.2) is 22.8 Å². The van der Waals surface area contributed by atoms with Gasteiger partial charge in [0.1, 0.15) is 0 Å². The van der Waals surface area contributed by atoms with Gasteiger partial charge in [-0.1, -0.05) is 0 Å². The number of furan rings is 1. The van der Waals surface area contributed by atoms with E-state index in [1.54, 1.807) is 6.26 Å². The first-order valence-electron chi connectivity index (χ1n) is 4.66. The second kappa shape index (κ2) is 2.87. The molecule has 1 aliphatic heterocycles. The zero-order chi connectivity index (χ0) is 9.38. The number of fused-ring (bicyclic) bond motifs is 1. The van der Waals surface area contributed by atoms with Gasteiger partial charge in [-0.15, -0.1) is 10.2 Å². The van der Waals surface area contributed by atoms with Crippen LogP contribution in [0.1, 0.15) is 6.42 Å². The van der Waals surface area contributed by atoms with Gasteiger partial charge in [0, 0.05) is 13.1 Å². The maximum absolute atomic E-state index is 5.29. The van der Waals surface area contributed by atoms with Gasteiger partial charge in [0.05, 0.1) is 6.26 Å². The van der Waals surface area contributed by atoms with Crippen molar-refractivity contribution in [2.24, 2.45) is 0 Å². The van der Waals surface area contributed by atoms with E-state index in [9.17, 15) is 0 Å². The highest BCUT2D eigenvalue weighted by molar-refractivity contribution is 5.50. The van der Waals surface area contributed by atoms with Crippen LogP contribution in [-0.4, -0.2) is 21.3 Å². The lowest BCUT2D eigenvalue weighted by Crippen LogP contribution is -2.17. The van der Waals surface area contributed by atoms with Gasteiger partial charge in [-0.3, -0.25) is 4.57 Å². The van der Waals surface area contributed by atoms with Crippen LogP contribution in [0, 0.1) is 0 Å². The van der Waals surface area contributed by atoms with E-state index in [1.165, 1.54) is 0 Å². The van der Waals surface area contributed by atoms with Crippen molar-refractivity contribution in [3.05, 3.63) is 18.4 Å². The summed E-state index contributed by atoms with van der Waals surface area (Å²) in [6.07, 6.45) is 2.74. The van der Waals surface area contributed by atoms with Gasteiger partial charge < -0.3 is 9.73 Å². The fourth-order valence-corrected chi connectivity index (χ4v) is 1.67. The second-order valence-electron chi connectivity index (χ2n) is 3.26. The van der Waals surface area contributed by atoms with Crippen LogP contribution in [0.5, 0.6) is 0 Å². The van der Waals surface area contributed by atoms with Crippen LogP contribution in [-0.2, 0) is 6.54 Å². The maximum Gasteiger partial charge on any atom is 0.224 e. The lowest BCUT2D eigenvalue weighted by molar-refractivity contribution is 0.561. The molecule has 0 radical (unpaired) electrons. The first-order valence-corrected chi connectivity index (χ1v) is 4.66. The Kier molecular flexibility index (Phi) is 1.56. The molecular formula is C9H10N4O. The van der Waals surface area contributed by atoms with E-state index < -0.39 is 0 Å². The van der Waals surface area contributed by atoms with Gasteiger partial charge in [-0.05, 0) is 18.6 Å². The Morgan fingerprint density at radius 1 is 1.43 bits per heavy atom. The van der Waals surface area contributed by atoms with Crippen molar-refractivity contribution in [2.45, 2.75) is 13.0 Å². The highest BCUT2D eigenvalue weighted by Crippen LogP contribution is 2.22. The van der Waals surface area contributed by atoms with E-state index in [0.717, 1.165) is 37.0 Å². The molecule has 0 saturated carbocycles. The van der Waals surface area contributed by atoms with E-state index in [-0.39, 0.29) is 0 Å². The van der Waals surface area contributed by atoms with Gasteiger partial charge in [0.2, 0.25) is 11.8 Å². The van der Waals surface area contributed by atoms with Gasteiger partial charge in [-0.25, -0.2) is 0 Å². The molecule has 2 aromatic heterocycles. The minimum absolute atomic E-state index is 0.771. The quantitative estimate of drug-likeness (QED) is 0.737. The number of hydrogen-bond acceptors (Lipinski definition) is 4. The standard InChI is InChI=1S/C9H10N4O/c1-3-7(14-6-1)8-11-12-9-10-4-2-5-13(8)9/h1,3,6H,2,4-5H2,(H,10,12). The molecule has 0 aromatic carbocycles. The molecule has 5 nitrogen and oxygen atoms in total. The lowest BCUT2D eigenvalue weighted by Gasteiger charge is -2.15. The Morgan fingerprint density at radius 2 is 2.43 bits per heavy atom. The Bertz CT molecular complexity index is 432. The van der Waals surface area contributed by atoms with Gasteiger partial charge >= 0.3 is 0 Å². The van der Waals surface area contributed by atoms with Crippen LogP contribution in [0.4, 0.5) is 5.95 Å². The Labute approximate surface area is 80.7 Å². The summed E-state index contributed by atoms with van der Waals surface area (Å²) in [6, 6.07) is 3.75. The zero-order valence-corrected chi connectivity index (χ0v) is 7.60. The van der Waals surface area contributed by atoms with Crippen LogP contribution in [0.2, 0.25) is 0 Å². The number of nitrogens with zero attached hydrogens (tertiary/aromatic N) is 3. The highest BCUT2D eigenvalue weighted by atomic mass is 16.3. The molecule has 3 heterocycles. The smallest absolute Gasteiger partial charge is 0.224 e. The van der Waals surface area contributed by atoms with Gasteiger partial charge in [-0.2, -0.15) is 0 Å². The predicted molar refractivity (Wildman–Crippen MR) is 50.8 cm³/mol. The molecule has 0 atom stereocenters. The van der Waals surface area contributed by atoms with Crippen LogP contribution in [0.25, 0.3) is 11.6 Å². The third-order valence-electron chi connectivity index (χ3n) is 2.33. The summed E-state index contributed by atoms with van der Waals surface area (Å²) >= 11 is 0. The summed E-state index contributed by atoms with van der Waals surface area (Å²) < 4.78 is 7.34. The van der Waals surface area contributed by atoms with Crippen molar-refractivity contribution in [3.8, 4) is 11.6 Å². The number of aromatic nitrogens is 3. The number of rotatable bonds is 1. The summed E-state index contributed by atoms with van der Waals surface area (Å²) in [5, 5.41) is 11.3. The molecule has 0 fully saturated rings. The van der Waals surface area contributed by atoms with Crippen molar-refractivity contribution >= 4 is 5.95 Å². The molecule has 2 aromatic rings. The highest BCUT2D eigenvalue weighted by Gasteiger charge is 2.17. The van der Waals surface area contributed by atoms with Crippen molar-refractivity contribution in [2.75, 3.05) is 11.9 Å². The fourth-order valence-electron chi connectivity index (χ4n) is 1.67. The third kappa shape index (κ3) is 1.02. The summed E-state index contributed by atoms with van der Waals surface area (Å²) in [4.78, 5) is 0. The largest absolute Gasteiger partial charge is 0.461 e. The Balaban J connectivity index is 2.11. The SMILES string of the molecule is c1coc(-c2nnc3n2CCCN3)c1. The molecular weight excluding hydrogens is 180 g/mol. The Hall–Kier alpha value is -1.78. The van der Waals surface area contributed by atoms with E-state index in [1.807, 2.05) is 16.7 Å². The van der Waals surface area contributed by atoms with Crippen LogP contribution >= 0.6 is 0 Å². The first kappa shape index (κ1) is 7.61. The number of nitrogens with one attached hydrogen (secondary N) is 1. The van der Waals surface area contributed by atoms with Gasteiger partial charge in [0.15, 0.2) is 5.76 Å². The van der Waals surface area contributed by atoms with E-state index >= 15 is 0 Å². The molecule has 1 aliphatic rings. The van der Waals surface area contributed by atoms with Gasteiger partial charge in [0.25, 0.3) is 0 Å². The molecule has 0 saturated heterocycles. The fraction of sp³-hybridized carbons (Fsp3) is 0.333. The summed E-state index contributed by atoms with van der Waals surface area (Å²) in [6.45, 7) is 1.92.